The predicted octanol–water partition coefficient (Wildman–Crippen LogP) is 6.64. The van der Waals surface area contributed by atoms with E-state index in [1.165, 1.54) is 14.2 Å². The van der Waals surface area contributed by atoms with Crippen molar-refractivity contribution in [2.75, 3.05) is 53.7 Å². The Morgan fingerprint density at radius 3 is 1.60 bits per heavy atom. The van der Waals surface area contributed by atoms with Gasteiger partial charge in [-0.3, -0.25) is 9.59 Å². The fraction of sp³-hybridized carbons (Fsp3) is 0.532. The summed E-state index contributed by atoms with van der Waals surface area (Å²) in [6.45, 7) is 3.44. The number of ether oxygens (including phenoxy) is 4. The summed E-state index contributed by atoms with van der Waals surface area (Å²) in [7, 11) is 2.63. The lowest BCUT2D eigenvalue weighted by atomic mass is 9.90. The number of carbonyl (C=O) groups excluding carboxylic acids is 4. The molecule has 0 bridgehead atoms. The van der Waals surface area contributed by atoms with E-state index in [2.05, 4.69) is 69.1 Å². The molecule has 4 amide bonds. The minimum absolute atomic E-state index is 0.0266. The summed E-state index contributed by atoms with van der Waals surface area (Å²) in [5, 5.41) is 5.67. The molecule has 16 heteroatoms. The van der Waals surface area contributed by atoms with Crippen LogP contribution < -0.4 is 10.6 Å². The lowest BCUT2D eigenvalue weighted by molar-refractivity contribution is -0.137. The molecule has 4 N–H and O–H groups in total. The van der Waals surface area contributed by atoms with Gasteiger partial charge in [0.25, 0.3) is 0 Å². The number of aromatic nitrogens is 4. The Hall–Kier alpha value is -5.74. The van der Waals surface area contributed by atoms with Gasteiger partial charge in [0.05, 0.1) is 43.9 Å². The van der Waals surface area contributed by atoms with Gasteiger partial charge in [-0.2, -0.15) is 0 Å². The number of imidazole rings is 2. The zero-order chi connectivity index (χ0) is 43.5. The molecule has 63 heavy (non-hydrogen) atoms. The van der Waals surface area contributed by atoms with Gasteiger partial charge in [0.15, 0.2) is 0 Å². The monoisotopic (exact) mass is 862 g/mol. The van der Waals surface area contributed by atoms with Crippen molar-refractivity contribution < 1.29 is 38.1 Å². The van der Waals surface area contributed by atoms with Crippen LogP contribution in [0.4, 0.5) is 9.59 Å². The van der Waals surface area contributed by atoms with Crippen molar-refractivity contribution in [2.24, 2.45) is 11.8 Å². The highest BCUT2D eigenvalue weighted by Crippen LogP contribution is 2.45. The predicted molar refractivity (Wildman–Crippen MR) is 232 cm³/mol. The third kappa shape index (κ3) is 9.19. The van der Waals surface area contributed by atoms with Crippen LogP contribution in [0.5, 0.6) is 0 Å². The lowest BCUT2D eigenvalue weighted by Crippen LogP contribution is -2.53. The van der Waals surface area contributed by atoms with Crippen LogP contribution in [-0.4, -0.2) is 120 Å². The number of alkyl carbamates (subject to hydrolysis) is 2. The molecule has 1 aliphatic carbocycles. The molecular weight excluding hydrogens is 805 g/mol. The summed E-state index contributed by atoms with van der Waals surface area (Å²) in [6, 6.07) is 15.1. The van der Waals surface area contributed by atoms with E-state index in [9.17, 15) is 19.2 Å². The van der Waals surface area contributed by atoms with Crippen LogP contribution in [0.3, 0.4) is 0 Å². The van der Waals surface area contributed by atoms with E-state index in [1.54, 1.807) is 0 Å². The van der Waals surface area contributed by atoms with E-state index in [0.29, 0.717) is 71.1 Å². The Labute approximate surface area is 367 Å². The Morgan fingerprint density at radius 2 is 1.11 bits per heavy atom. The number of benzene rings is 2. The number of aromatic amines is 2. The van der Waals surface area contributed by atoms with Crippen molar-refractivity contribution in [3.05, 3.63) is 72.1 Å². The van der Waals surface area contributed by atoms with Crippen molar-refractivity contribution in [3.8, 4) is 33.6 Å². The number of carbonyl (C=O) groups is 4. The molecule has 4 saturated heterocycles. The first-order valence-corrected chi connectivity index (χ1v) is 22.6. The average molecular weight is 863 g/mol. The molecule has 5 fully saturated rings. The van der Waals surface area contributed by atoms with E-state index >= 15 is 0 Å². The Morgan fingerprint density at radius 1 is 0.635 bits per heavy atom. The number of methoxy groups -OCH3 is 2. The number of hydrogen-bond donors (Lipinski definition) is 4. The second-order valence-electron chi connectivity index (χ2n) is 17.5. The maximum atomic E-state index is 14.2. The summed E-state index contributed by atoms with van der Waals surface area (Å²) in [4.78, 5) is 73.7. The first kappa shape index (κ1) is 42.6. The summed E-state index contributed by atoms with van der Waals surface area (Å²) in [5.41, 5.74) is 7.06. The van der Waals surface area contributed by atoms with E-state index in [-0.39, 0.29) is 35.7 Å². The molecule has 2 aromatic carbocycles. The summed E-state index contributed by atoms with van der Waals surface area (Å²) < 4.78 is 20.9. The highest BCUT2D eigenvalue weighted by atomic mass is 16.5. The lowest BCUT2D eigenvalue weighted by Gasteiger charge is -2.34. The summed E-state index contributed by atoms with van der Waals surface area (Å²) in [5.74, 6) is 1.67. The molecular formula is C47H58N8O8. The average Bonchev–Trinajstić information content (AvgIpc) is 3.77. The van der Waals surface area contributed by atoms with Crippen molar-refractivity contribution in [2.45, 2.75) is 94.3 Å². The van der Waals surface area contributed by atoms with Gasteiger partial charge < -0.3 is 49.3 Å². The van der Waals surface area contributed by atoms with E-state index < -0.39 is 24.3 Å². The SMILES string of the molecule is COC(=O)N[C@H](C(=O)N1CCC[C@H]1c1ncc(-c2ccc(-c3ccc(-c4nc([C@@H]5CCCN5C(=O)[C@@H](NC(=O)OC)C5CCOCC5)[nH]c4C4CC4)cc3)cc2)[nH]1)C1CCOCC1. The van der Waals surface area contributed by atoms with Crippen LogP contribution in [0.1, 0.15) is 99.6 Å². The minimum Gasteiger partial charge on any atom is -0.453 e. The highest BCUT2D eigenvalue weighted by molar-refractivity contribution is 5.87. The molecule has 4 atom stereocenters. The number of likely N-dealkylation sites (tertiary alicyclic amines) is 2. The smallest absolute Gasteiger partial charge is 0.407 e. The molecule has 334 valence electrons. The maximum Gasteiger partial charge on any atom is 0.407 e. The second kappa shape index (κ2) is 18.9. The fourth-order valence-corrected chi connectivity index (χ4v) is 9.99. The Bertz CT molecular complexity index is 2240. The first-order valence-electron chi connectivity index (χ1n) is 22.6. The zero-order valence-corrected chi connectivity index (χ0v) is 36.1. The van der Waals surface area contributed by atoms with Crippen molar-refractivity contribution in [3.63, 3.8) is 0 Å². The highest BCUT2D eigenvalue weighted by Gasteiger charge is 2.42. The molecule has 4 aromatic rings. The van der Waals surface area contributed by atoms with Crippen LogP contribution >= 0.6 is 0 Å². The number of H-pyrrole nitrogens is 2. The molecule has 5 aliphatic rings. The molecule has 16 nitrogen and oxygen atoms in total. The van der Waals surface area contributed by atoms with E-state index in [4.69, 9.17) is 28.9 Å². The quantitative estimate of drug-likeness (QED) is 0.120. The van der Waals surface area contributed by atoms with Gasteiger partial charge in [0.2, 0.25) is 11.8 Å². The van der Waals surface area contributed by atoms with Crippen LogP contribution in [0.2, 0.25) is 0 Å². The van der Waals surface area contributed by atoms with Gasteiger partial charge >= 0.3 is 12.2 Å². The molecule has 2 aromatic heterocycles. The number of amides is 4. The van der Waals surface area contributed by atoms with E-state index in [1.807, 2.05) is 16.0 Å². The van der Waals surface area contributed by atoms with Gasteiger partial charge in [-0.1, -0.05) is 48.5 Å². The molecule has 1 saturated carbocycles. The fourth-order valence-electron chi connectivity index (χ4n) is 9.99. The van der Waals surface area contributed by atoms with Crippen molar-refractivity contribution in [1.29, 1.82) is 0 Å². The van der Waals surface area contributed by atoms with E-state index in [0.717, 1.165) is 89.5 Å². The van der Waals surface area contributed by atoms with Crippen LogP contribution in [0, 0.1) is 11.8 Å². The summed E-state index contributed by atoms with van der Waals surface area (Å²) in [6.07, 6.45) is 8.86. The number of nitrogens with zero attached hydrogens (tertiary/aromatic N) is 4. The molecule has 4 aliphatic heterocycles. The molecule has 0 radical (unpaired) electrons. The Kier molecular flexibility index (Phi) is 12.8. The van der Waals surface area contributed by atoms with Gasteiger partial charge in [0, 0.05) is 56.7 Å². The first-order chi connectivity index (χ1) is 30.8. The van der Waals surface area contributed by atoms with Gasteiger partial charge in [-0.15, -0.1) is 0 Å². The number of nitrogens with one attached hydrogen (secondary N) is 4. The second-order valence-corrected chi connectivity index (χ2v) is 17.5. The number of rotatable bonds is 12. The molecule has 9 rings (SSSR count). The van der Waals surface area contributed by atoms with Gasteiger partial charge in [-0.05, 0) is 92.7 Å². The topological polar surface area (TPSA) is 193 Å². The normalized spacial score (nSPS) is 21.8. The maximum absolute atomic E-state index is 14.2. The van der Waals surface area contributed by atoms with Crippen molar-refractivity contribution >= 4 is 24.0 Å². The van der Waals surface area contributed by atoms with Gasteiger partial charge in [0.1, 0.15) is 23.7 Å². The number of hydrogen-bond acceptors (Lipinski definition) is 10. The largest absolute Gasteiger partial charge is 0.453 e. The summed E-state index contributed by atoms with van der Waals surface area (Å²) >= 11 is 0. The van der Waals surface area contributed by atoms with Crippen LogP contribution in [0.25, 0.3) is 33.6 Å². The third-order valence-corrected chi connectivity index (χ3v) is 13.6. The third-order valence-electron chi connectivity index (χ3n) is 13.6. The Balaban J connectivity index is 0.882. The van der Waals surface area contributed by atoms with Crippen LogP contribution in [0.15, 0.2) is 54.7 Å². The molecule has 0 spiro atoms. The van der Waals surface area contributed by atoms with Crippen molar-refractivity contribution in [1.82, 2.24) is 40.4 Å². The molecule has 0 unspecified atom stereocenters. The standard InChI is InChI=1S/C47H58N8O8/c1-60-46(58)52-40(33-17-23-62-24-18-33)44(56)54-21-3-5-36(54)42-48-27-35(49-42)30-11-7-28(8-12-30)29-9-13-31(14-10-29)38-39(32-15-16-32)51-43(50-38)37-6-4-22-55(37)45(57)41(53-47(59)61-2)34-19-25-63-26-20-34/h7-14,27,32-34,36-37,40-41H,3-6,15-26H2,1-2H3,(H,48,49)(H,50,51)(H,52,58)(H,53,59)/t36-,37-,40-,41-/m0/s1. The van der Waals surface area contributed by atoms with Crippen LogP contribution in [-0.2, 0) is 28.5 Å². The zero-order valence-electron chi connectivity index (χ0n) is 36.1. The minimum atomic E-state index is -0.685. The van der Waals surface area contributed by atoms with Gasteiger partial charge in [-0.25, -0.2) is 19.6 Å². The molecule has 6 heterocycles.